The average Bonchev–Trinajstić information content (AvgIpc) is 3.31. The summed E-state index contributed by atoms with van der Waals surface area (Å²) in [5.41, 5.74) is -4.00. The summed E-state index contributed by atoms with van der Waals surface area (Å²) >= 11 is 0. The highest BCUT2D eigenvalue weighted by Crippen LogP contribution is 2.41. The van der Waals surface area contributed by atoms with E-state index in [4.69, 9.17) is 9.56 Å². The first-order valence-corrected chi connectivity index (χ1v) is 13.7. The predicted molar refractivity (Wildman–Crippen MR) is 131 cm³/mol. The number of phenolic OH excluding ortho intramolecular Hbond substituents is 1. The zero-order valence-corrected chi connectivity index (χ0v) is 22.0. The molecule has 0 radical (unpaired) electrons. The fourth-order valence-corrected chi connectivity index (χ4v) is 6.21. The van der Waals surface area contributed by atoms with Crippen LogP contribution in [0.5, 0.6) is 5.75 Å². The molecule has 0 saturated carbocycles. The number of furan rings is 1. The van der Waals surface area contributed by atoms with E-state index in [1.54, 1.807) is 26.0 Å². The Bertz CT molecular complexity index is 1560. The molecule has 1 aliphatic heterocycles. The van der Waals surface area contributed by atoms with Gasteiger partial charge in [0.15, 0.2) is 11.6 Å². The summed E-state index contributed by atoms with van der Waals surface area (Å²) < 4.78 is 98.3. The maximum absolute atomic E-state index is 13.6. The lowest BCUT2D eigenvalue weighted by atomic mass is 10.0. The number of halogens is 3. The zero-order chi connectivity index (χ0) is 28.8. The van der Waals surface area contributed by atoms with Crippen LogP contribution in [0, 0.1) is 6.92 Å². The van der Waals surface area contributed by atoms with Crippen LogP contribution in [0.4, 0.5) is 18.9 Å². The Morgan fingerprint density at radius 3 is 2.34 bits per heavy atom. The van der Waals surface area contributed by atoms with Gasteiger partial charge in [-0.2, -0.15) is 21.6 Å². The lowest BCUT2D eigenvalue weighted by Crippen LogP contribution is -2.32. The normalized spacial score (nSPS) is 16.3. The monoisotopic (exact) mass is 579 g/mol. The fraction of sp³-hybridized carbons (Fsp3) is 0.333. The summed E-state index contributed by atoms with van der Waals surface area (Å²) in [6.07, 6.45) is -4.74. The van der Waals surface area contributed by atoms with E-state index >= 15 is 0 Å². The number of anilines is 1. The summed E-state index contributed by atoms with van der Waals surface area (Å²) in [6.45, 7) is 3.37. The van der Waals surface area contributed by atoms with Crippen molar-refractivity contribution in [3.63, 3.8) is 0 Å². The standard InChI is InChI=1S/C21H24F3N5O7S2/c1-5-12(14-9-6-10(2)36-14)27-18-16(20(37(25,32)33)38(34,35)28-18)26-13-8-7-11(21(22,23)24)15(17(13)30)19(31)29(3)4/h6-9,12,26,30H,5H2,1-4H3,(H,27,28)(H2,25,32,33)/t12-/m1/s1. The van der Waals surface area contributed by atoms with Crippen molar-refractivity contribution >= 4 is 37.5 Å². The minimum atomic E-state index is -5.04. The number of carbonyl (C=O) groups is 1. The number of amidine groups is 1. The van der Waals surface area contributed by atoms with Crippen LogP contribution in [-0.4, -0.2) is 52.7 Å². The minimum Gasteiger partial charge on any atom is -0.505 e. The number of amides is 1. The lowest BCUT2D eigenvalue weighted by molar-refractivity contribution is -0.138. The topological polar surface area (TPSA) is 184 Å². The number of nitrogens with zero attached hydrogens (tertiary/aromatic N) is 2. The van der Waals surface area contributed by atoms with Crippen LogP contribution >= 0.6 is 0 Å². The summed E-state index contributed by atoms with van der Waals surface area (Å²) in [7, 11) is -7.59. The molecule has 1 amide bonds. The fourth-order valence-electron chi connectivity index (χ4n) is 3.61. The molecule has 1 aromatic heterocycles. The van der Waals surface area contributed by atoms with Crippen LogP contribution in [0.15, 0.2) is 43.0 Å². The Kier molecular flexibility index (Phi) is 7.59. The van der Waals surface area contributed by atoms with Gasteiger partial charge >= 0.3 is 6.18 Å². The number of rotatable bonds is 7. The molecule has 12 nitrogen and oxygen atoms in total. The molecule has 1 aliphatic rings. The van der Waals surface area contributed by atoms with Gasteiger partial charge in [0.1, 0.15) is 17.2 Å². The Morgan fingerprint density at radius 2 is 1.87 bits per heavy atom. The summed E-state index contributed by atoms with van der Waals surface area (Å²) in [6, 6.07) is 3.69. The number of aromatic hydroxyl groups is 1. The van der Waals surface area contributed by atoms with Gasteiger partial charge in [-0.3, -0.25) is 4.79 Å². The maximum Gasteiger partial charge on any atom is 0.417 e. The minimum absolute atomic E-state index is 0.303. The van der Waals surface area contributed by atoms with Crippen LogP contribution in [0.25, 0.3) is 0 Å². The van der Waals surface area contributed by atoms with Gasteiger partial charge in [0.2, 0.25) is 4.24 Å². The molecule has 208 valence electrons. The summed E-state index contributed by atoms with van der Waals surface area (Å²) in [4.78, 5) is 13.3. The number of primary sulfonamides is 1. The van der Waals surface area contributed by atoms with Crippen molar-refractivity contribution in [2.45, 2.75) is 32.5 Å². The first kappa shape index (κ1) is 29.0. The second-order valence-electron chi connectivity index (χ2n) is 8.38. The van der Waals surface area contributed by atoms with E-state index in [9.17, 15) is 39.9 Å². The number of phenols is 1. The average molecular weight is 580 g/mol. The first-order valence-electron chi connectivity index (χ1n) is 10.8. The van der Waals surface area contributed by atoms with Gasteiger partial charge in [-0.15, -0.1) is 4.40 Å². The van der Waals surface area contributed by atoms with Gasteiger partial charge in [-0.25, -0.2) is 13.6 Å². The number of alkyl halides is 3. The van der Waals surface area contributed by atoms with Crippen molar-refractivity contribution in [3.8, 4) is 5.75 Å². The number of nitrogens with one attached hydrogen (secondary N) is 2. The van der Waals surface area contributed by atoms with Crippen molar-refractivity contribution in [2.24, 2.45) is 9.54 Å². The van der Waals surface area contributed by atoms with Crippen LogP contribution in [0.1, 0.15) is 46.8 Å². The van der Waals surface area contributed by atoms with E-state index < -0.39 is 76.5 Å². The molecule has 17 heteroatoms. The number of hydrogen-bond acceptors (Lipinski definition) is 9. The van der Waals surface area contributed by atoms with Gasteiger partial charge in [0.05, 0.1) is 22.9 Å². The Balaban J connectivity index is 2.20. The van der Waals surface area contributed by atoms with E-state index in [0.717, 1.165) is 19.0 Å². The van der Waals surface area contributed by atoms with Gasteiger partial charge < -0.3 is 25.1 Å². The van der Waals surface area contributed by atoms with Crippen molar-refractivity contribution in [2.75, 3.05) is 19.4 Å². The molecular formula is C21H24F3N5O7S2. The molecule has 2 aromatic rings. The second-order valence-corrected chi connectivity index (χ2v) is 11.7. The molecule has 0 saturated heterocycles. The lowest BCUT2D eigenvalue weighted by Gasteiger charge is -2.21. The highest BCUT2D eigenvalue weighted by atomic mass is 32.3. The van der Waals surface area contributed by atoms with E-state index in [1.807, 2.05) is 0 Å². The molecule has 1 aromatic carbocycles. The molecule has 38 heavy (non-hydrogen) atoms. The van der Waals surface area contributed by atoms with Gasteiger partial charge in [-0.05, 0) is 37.6 Å². The van der Waals surface area contributed by atoms with Crippen molar-refractivity contribution in [1.29, 1.82) is 0 Å². The predicted octanol–water partition coefficient (Wildman–Crippen LogP) is 2.37. The molecule has 0 unspecified atom stereocenters. The zero-order valence-electron chi connectivity index (χ0n) is 20.4. The number of hydrogen-bond donors (Lipinski definition) is 4. The number of carbonyl (C=O) groups excluding carboxylic acids is 1. The quantitative estimate of drug-likeness (QED) is 0.358. The molecule has 1 atom stereocenters. The molecule has 5 N–H and O–H groups in total. The van der Waals surface area contributed by atoms with E-state index in [2.05, 4.69) is 15.0 Å². The van der Waals surface area contributed by atoms with Gasteiger partial charge in [-0.1, -0.05) is 6.92 Å². The number of benzene rings is 1. The van der Waals surface area contributed by atoms with Gasteiger partial charge in [0, 0.05) is 14.1 Å². The van der Waals surface area contributed by atoms with Crippen molar-refractivity contribution in [1.82, 2.24) is 10.2 Å². The van der Waals surface area contributed by atoms with Crippen LogP contribution in [-0.2, 0) is 26.2 Å². The maximum atomic E-state index is 13.6. The van der Waals surface area contributed by atoms with E-state index in [1.165, 1.54) is 0 Å². The van der Waals surface area contributed by atoms with Crippen molar-refractivity contribution in [3.05, 3.63) is 56.8 Å². The Labute approximate surface area is 216 Å². The Morgan fingerprint density at radius 1 is 1.24 bits per heavy atom. The highest BCUT2D eigenvalue weighted by molar-refractivity contribution is 8.13. The van der Waals surface area contributed by atoms with E-state index in [0.29, 0.717) is 30.1 Å². The Hall–Kier alpha value is -3.57. The molecule has 0 bridgehead atoms. The first-order chi connectivity index (χ1) is 17.4. The number of aryl methyl sites for hydroxylation is 1. The summed E-state index contributed by atoms with van der Waals surface area (Å²) in [5, 5.41) is 20.9. The highest BCUT2D eigenvalue weighted by Gasteiger charge is 2.42. The van der Waals surface area contributed by atoms with Crippen LogP contribution < -0.4 is 15.8 Å². The molecule has 2 heterocycles. The molecule has 0 aliphatic carbocycles. The SMILES string of the molecule is CC[C@@H](NC1=NS(=O)(=O)C(S(N)(=O)=O)=C1Nc1ccc(C(F)(F)F)c(C(=O)N(C)C)c1O)c1ccc(C)o1. The molecule has 0 fully saturated rings. The van der Waals surface area contributed by atoms with Crippen LogP contribution in [0.2, 0.25) is 0 Å². The molecular weight excluding hydrogens is 555 g/mol. The third kappa shape index (κ3) is 5.63. The number of nitrogens with two attached hydrogens (primary N) is 1. The summed E-state index contributed by atoms with van der Waals surface area (Å²) in [5.74, 6) is -2.10. The van der Waals surface area contributed by atoms with E-state index in [-0.39, 0.29) is 0 Å². The smallest absolute Gasteiger partial charge is 0.417 e. The van der Waals surface area contributed by atoms with Gasteiger partial charge in [0.25, 0.3) is 26.0 Å². The molecule has 0 spiro atoms. The third-order valence-electron chi connectivity index (χ3n) is 5.33. The second kappa shape index (κ2) is 9.95. The van der Waals surface area contributed by atoms with Crippen LogP contribution in [0.3, 0.4) is 0 Å². The third-order valence-corrected chi connectivity index (χ3v) is 8.48. The number of sulfonamides is 2. The molecule has 3 rings (SSSR count). The van der Waals surface area contributed by atoms with Crippen molar-refractivity contribution < 1.29 is 44.3 Å². The largest absolute Gasteiger partial charge is 0.505 e.